The van der Waals surface area contributed by atoms with Gasteiger partial charge in [-0.2, -0.15) is 5.26 Å². The highest BCUT2D eigenvalue weighted by atomic mass is 16.5. The van der Waals surface area contributed by atoms with Crippen molar-refractivity contribution in [2.45, 2.75) is 38.6 Å². The van der Waals surface area contributed by atoms with E-state index in [2.05, 4.69) is 6.07 Å². The number of nitrogens with two attached hydrogens (primary N) is 1. The number of ether oxygens (including phenoxy) is 1. The van der Waals surface area contributed by atoms with Crippen LogP contribution in [0.15, 0.2) is 46.6 Å². The zero-order chi connectivity index (χ0) is 21.2. The number of carbonyl (C=O) groups excluding carboxylic acids is 1. The van der Waals surface area contributed by atoms with E-state index in [4.69, 9.17) is 10.5 Å². The fraction of sp³-hybridized carbons (Fsp3) is 0.348. The van der Waals surface area contributed by atoms with E-state index in [1.165, 1.54) is 0 Å². The molecule has 152 valence electrons. The molecule has 3 heterocycles. The number of hydrogen-bond donors (Lipinski definition) is 1. The minimum absolute atomic E-state index is 0.0191. The number of hydrogen-bond acceptors (Lipinski definition) is 5. The van der Waals surface area contributed by atoms with E-state index in [9.17, 15) is 14.9 Å². The molecule has 0 saturated heterocycles. The molecule has 1 aromatic carbocycles. The molecule has 1 saturated carbocycles. The summed E-state index contributed by atoms with van der Waals surface area (Å²) in [6.07, 6.45) is 2.15. The van der Waals surface area contributed by atoms with Crippen molar-refractivity contribution in [2.24, 2.45) is 11.7 Å². The first kappa shape index (κ1) is 18.5. The average Bonchev–Trinajstić information content (AvgIpc) is 3.51. The van der Waals surface area contributed by atoms with Gasteiger partial charge in [0.2, 0.25) is 11.8 Å². The first-order valence-electron chi connectivity index (χ1n) is 10.2. The Hall–Kier alpha value is -3.53. The molecule has 30 heavy (non-hydrogen) atoms. The normalized spacial score (nSPS) is 22.0. The van der Waals surface area contributed by atoms with Gasteiger partial charge in [-0.05, 0) is 38.7 Å². The number of rotatable bonds is 3. The smallest absolute Gasteiger partial charge is 0.259 e. The van der Waals surface area contributed by atoms with Crippen LogP contribution in [0, 0.1) is 24.2 Å². The lowest BCUT2D eigenvalue weighted by molar-refractivity contribution is -0.121. The van der Waals surface area contributed by atoms with Gasteiger partial charge < -0.3 is 19.9 Å². The van der Waals surface area contributed by atoms with Crippen molar-refractivity contribution in [3.63, 3.8) is 0 Å². The molecule has 1 fully saturated rings. The number of pyridine rings is 1. The molecule has 7 nitrogen and oxygen atoms in total. The zero-order valence-electron chi connectivity index (χ0n) is 16.9. The molecule has 0 radical (unpaired) electrons. The number of aromatic nitrogens is 1. The number of nitriles is 1. The van der Waals surface area contributed by atoms with Crippen molar-refractivity contribution < 1.29 is 9.53 Å². The Balaban J connectivity index is 1.90. The number of nitrogens with zero attached hydrogens (tertiary/aromatic N) is 3. The van der Waals surface area contributed by atoms with E-state index >= 15 is 0 Å². The Morgan fingerprint density at radius 2 is 2.03 bits per heavy atom. The zero-order valence-corrected chi connectivity index (χ0v) is 16.9. The van der Waals surface area contributed by atoms with E-state index in [1.54, 1.807) is 15.5 Å². The van der Waals surface area contributed by atoms with Crippen LogP contribution in [0.25, 0.3) is 0 Å². The topological polar surface area (TPSA) is 101 Å². The highest BCUT2D eigenvalue weighted by Gasteiger charge is 2.61. The minimum Gasteiger partial charge on any atom is -0.440 e. The van der Waals surface area contributed by atoms with Crippen LogP contribution in [-0.4, -0.2) is 17.0 Å². The van der Waals surface area contributed by atoms with Crippen LogP contribution < -0.4 is 20.9 Å². The number of aryl methyl sites for hydroxylation is 1. The molecule has 2 N–H and O–H groups in total. The highest BCUT2D eigenvalue weighted by molar-refractivity contribution is 6.14. The molecule has 5 rings (SSSR count). The lowest BCUT2D eigenvalue weighted by Gasteiger charge is -2.34. The van der Waals surface area contributed by atoms with Crippen LogP contribution in [0.5, 0.6) is 5.75 Å². The molecule has 1 unspecified atom stereocenters. The van der Waals surface area contributed by atoms with Gasteiger partial charge in [-0.1, -0.05) is 18.2 Å². The maximum Gasteiger partial charge on any atom is 0.259 e. The molecule has 2 aromatic rings. The standard InChI is InChI=1S/C23H22N4O3/c1-3-26-13(2)10-18-19(21(26)28)23(16(11-24)20(25)30-18)15-6-4-5-7-17(15)27(22(23)29)12-14-8-9-14/h4-7,10,14H,3,8-9,12,25H2,1-2H3. The summed E-state index contributed by atoms with van der Waals surface area (Å²) in [4.78, 5) is 29.5. The molecule has 7 heteroatoms. The van der Waals surface area contributed by atoms with Crippen LogP contribution in [0.2, 0.25) is 0 Å². The lowest BCUT2D eigenvalue weighted by atomic mass is 9.69. The summed E-state index contributed by atoms with van der Waals surface area (Å²) in [6, 6.07) is 11.2. The number of benzene rings is 1. The largest absolute Gasteiger partial charge is 0.440 e. The number of carbonyl (C=O) groups is 1. The van der Waals surface area contributed by atoms with Gasteiger partial charge >= 0.3 is 0 Å². The maximum atomic E-state index is 14.1. The number of para-hydroxylation sites is 1. The Kier molecular flexibility index (Phi) is 3.84. The van der Waals surface area contributed by atoms with Crippen LogP contribution >= 0.6 is 0 Å². The molecule has 0 bridgehead atoms. The monoisotopic (exact) mass is 402 g/mol. The van der Waals surface area contributed by atoms with Gasteiger partial charge in [-0.25, -0.2) is 0 Å². The molecule has 1 aliphatic carbocycles. The Bertz CT molecular complexity index is 1230. The highest BCUT2D eigenvalue weighted by Crippen LogP contribution is 2.54. The molecule has 1 amide bonds. The van der Waals surface area contributed by atoms with Crippen molar-refractivity contribution >= 4 is 11.6 Å². The third-order valence-corrected chi connectivity index (χ3v) is 6.42. The number of anilines is 1. The number of fused-ring (bicyclic) bond motifs is 4. The van der Waals surface area contributed by atoms with Crippen molar-refractivity contribution in [2.75, 3.05) is 11.4 Å². The summed E-state index contributed by atoms with van der Waals surface area (Å²) in [7, 11) is 0. The summed E-state index contributed by atoms with van der Waals surface area (Å²) in [5, 5.41) is 10.1. The molecular weight excluding hydrogens is 380 g/mol. The van der Waals surface area contributed by atoms with E-state index < -0.39 is 5.41 Å². The molecule has 3 aliphatic rings. The summed E-state index contributed by atoms with van der Waals surface area (Å²) >= 11 is 0. The molecule has 1 atom stereocenters. The third kappa shape index (κ3) is 2.19. The van der Waals surface area contributed by atoms with Gasteiger partial charge in [0.15, 0.2) is 5.41 Å². The van der Waals surface area contributed by atoms with Crippen molar-refractivity contribution in [3.05, 3.63) is 69.0 Å². The van der Waals surface area contributed by atoms with Crippen LogP contribution in [0.3, 0.4) is 0 Å². The maximum absolute atomic E-state index is 14.1. The van der Waals surface area contributed by atoms with Crippen molar-refractivity contribution in [1.29, 1.82) is 5.26 Å². The summed E-state index contributed by atoms with van der Waals surface area (Å²) in [6.45, 7) is 4.69. The van der Waals surface area contributed by atoms with Gasteiger partial charge in [0.05, 0.1) is 5.56 Å². The van der Waals surface area contributed by atoms with Gasteiger partial charge in [0.1, 0.15) is 17.4 Å². The number of amides is 1. The second-order valence-corrected chi connectivity index (χ2v) is 8.15. The summed E-state index contributed by atoms with van der Waals surface area (Å²) < 4.78 is 7.32. The fourth-order valence-corrected chi connectivity index (χ4v) is 4.85. The van der Waals surface area contributed by atoms with Crippen molar-refractivity contribution in [1.82, 2.24) is 4.57 Å². The quantitative estimate of drug-likeness (QED) is 0.849. The fourth-order valence-electron chi connectivity index (χ4n) is 4.85. The van der Waals surface area contributed by atoms with Gasteiger partial charge in [-0.3, -0.25) is 9.59 Å². The first-order chi connectivity index (χ1) is 14.4. The third-order valence-electron chi connectivity index (χ3n) is 6.42. The van der Waals surface area contributed by atoms with E-state index in [-0.39, 0.29) is 34.2 Å². The summed E-state index contributed by atoms with van der Waals surface area (Å²) in [5.41, 5.74) is 6.46. The second kappa shape index (κ2) is 6.23. The van der Waals surface area contributed by atoms with Gasteiger partial charge in [0, 0.05) is 36.1 Å². The first-order valence-corrected chi connectivity index (χ1v) is 10.2. The Morgan fingerprint density at radius 3 is 2.70 bits per heavy atom. The molecule has 1 aromatic heterocycles. The predicted molar refractivity (Wildman–Crippen MR) is 111 cm³/mol. The van der Waals surface area contributed by atoms with E-state index in [0.717, 1.165) is 18.5 Å². The average molecular weight is 402 g/mol. The van der Waals surface area contributed by atoms with Crippen LogP contribution in [0.1, 0.15) is 36.6 Å². The molecule has 1 spiro atoms. The van der Waals surface area contributed by atoms with Gasteiger partial charge in [-0.15, -0.1) is 0 Å². The van der Waals surface area contributed by atoms with Gasteiger partial charge in [0.25, 0.3) is 5.56 Å². The SMILES string of the molecule is CCn1c(C)cc2c(c1=O)C1(C(=O)N(CC3CC3)c3ccccc31)C(C#N)=C(N)O2. The Labute approximate surface area is 174 Å². The van der Waals surface area contributed by atoms with Crippen molar-refractivity contribution in [3.8, 4) is 11.8 Å². The van der Waals surface area contributed by atoms with E-state index in [0.29, 0.717) is 30.3 Å². The molecular formula is C23H22N4O3. The molecule has 2 aliphatic heterocycles. The Morgan fingerprint density at radius 1 is 1.30 bits per heavy atom. The predicted octanol–water partition coefficient (Wildman–Crippen LogP) is 2.31. The lowest BCUT2D eigenvalue weighted by Crippen LogP contribution is -2.50. The minimum atomic E-state index is -1.58. The summed E-state index contributed by atoms with van der Waals surface area (Å²) in [5.74, 6) is 0.251. The van der Waals surface area contributed by atoms with E-state index in [1.807, 2.05) is 38.1 Å². The van der Waals surface area contributed by atoms with Crippen LogP contribution in [-0.2, 0) is 16.8 Å². The van der Waals surface area contributed by atoms with Crippen LogP contribution in [0.4, 0.5) is 5.69 Å². The second-order valence-electron chi connectivity index (χ2n) is 8.15.